The molecule has 1 rings (SSSR count). The lowest BCUT2D eigenvalue weighted by Gasteiger charge is -2.24. The van der Waals surface area contributed by atoms with Crippen LogP contribution in [-0.2, 0) is 0 Å². The first kappa shape index (κ1) is 7.84. The highest BCUT2D eigenvalue weighted by molar-refractivity contribution is 4.77. The largest absolute Gasteiger partial charge is 0.103 e. The minimum absolute atomic E-state index is 0.966. The molecule has 58 valence electrons. The van der Waals surface area contributed by atoms with Crippen LogP contribution in [-0.4, -0.2) is 0 Å². The molecule has 0 heterocycles. The topological polar surface area (TPSA) is 0 Å². The predicted molar refractivity (Wildman–Crippen MR) is 45.9 cm³/mol. The Balaban J connectivity index is 2.19. The summed E-state index contributed by atoms with van der Waals surface area (Å²) in [5.41, 5.74) is 0. The van der Waals surface area contributed by atoms with Gasteiger partial charge < -0.3 is 0 Å². The van der Waals surface area contributed by atoms with E-state index in [9.17, 15) is 0 Å². The monoisotopic (exact) mass is 138 g/mol. The molecule has 0 spiro atoms. The summed E-state index contributed by atoms with van der Waals surface area (Å²) in [7, 11) is 0. The van der Waals surface area contributed by atoms with E-state index < -0.39 is 0 Å². The lowest BCUT2D eigenvalue weighted by Crippen LogP contribution is -2.11. The van der Waals surface area contributed by atoms with Crippen LogP contribution in [0, 0.1) is 11.8 Å². The van der Waals surface area contributed by atoms with Crippen molar-refractivity contribution in [2.45, 2.75) is 39.0 Å². The van der Waals surface area contributed by atoms with Gasteiger partial charge in [0, 0.05) is 0 Å². The zero-order valence-electron chi connectivity index (χ0n) is 6.97. The molecule has 1 fully saturated rings. The molecule has 0 aromatic carbocycles. The number of hydrogen-bond acceptors (Lipinski definition) is 0. The summed E-state index contributed by atoms with van der Waals surface area (Å²) in [5.74, 6) is 1.95. The molecular formula is C10H18. The van der Waals surface area contributed by atoms with Gasteiger partial charge in [-0.25, -0.2) is 0 Å². The van der Waals surface area contributed by atoms with Gasteiger partial charge >= 0.3 is 0 Å². The maximum atomic E-state index is 3.77. The van der Waals surface area contributed by atoms with Crippen molar-refractivity contribution in [2.75, 3.05) is 0 Å². The molecule has 0 saturated heterocycles. The minimum atomic E-state index is 0.966. The minimum Gasteiger partial charge on any atom is -0.103 e. The van der Waals surface area contributed by atoms with Crippen LogP contribution in [0.3, 0.4) is 0 Å². The van der Waals surface area contributed by atoms with Crippen LogP contribution in [0.4, 0.5) is 0 Å². The number of hydrogen-bond donors (Lipinski definition) is 0. The standard InChI is InChI=1S/C10H18/c1-3-4-10-7-5-9(2)6-8-10/h3,9-10H,1,4-8H2,2H3. The molecule has 0 radical (unpaired) electrons. The van der Waals surface area contributed by atoms with Crippen molar-refractivity contribution >= 4 is 0 Å². The van der Waals surface area contributed by atoms with E-state index in [4.69, 9.17) is 0 Å². The molecule has 1 aliphatic carbocycles. The zero-order chi connectivity index (χ0) is 7.40. The third-order valence-corrected chi connectivity index (χ3v) is 2.64. The molecule has 0 atom stereocenters. The van der Waals surface area contributed by atoms with E-state index in [1.54, 1.807) is 0 Å². The van der Waals surface area contributed by atoms with Crippen LogP contribution in [0.2, 0.25) is 0 Å². The van der Waals surface area contributed by atoms with Crippen LogP contribution in [0.15, 0.2) is 12.7 Å². The second kappa shape index (κ2) is 3.80. The molecule has 0 nitrogen and oxygen atoms in total. The summed E-state index contributed by atoms with van der Waals surface area (Å²) in [4.78, 5) is 0. The van der Waals surface area contributed by atoms with Crippen molar-refractivity contribution < 1.29 is 0 Å². The Morgan fingerprint density at radius 2 is 1.90 bits per heavy atom. The SMILES string of the molecule is C=CCC1CCC(C)CC1. The summed E-state index contributed by atoms with van der Waals surface area (Å²) < 4.78 is 0. The molecule has 0 heteroatoms. The van der Waals surface area contributed by atoms with E-state index in [2.05, 4.69) is 19.6 Å². The molecular weight excluding hydrogens is 120 g/mol. The lowest BCUT2D eigenvalue weighted by molar-refractivity contribution is 0.292. The normalized spacial score (nSPS) is 33.7. The molecule has 0 unspecified atom stereocenters. The molecule has 0 aromatic heterocycles. The van der Waals surface area contributed by atoms with Gasteiger partial charge in [0.15, 0.2) is 0 Å². The highest BCUT2D eigenvalue weighted by atomic mass is 14.2. The van der Waals surface area contributed by atoms with E-state index in [1.165, 1.54) is 32.1 Å². The Bertz CT molecular complexity index is 96.6. The molecule has 10 heavy (non-hydrogen) atoms. The van der Waals surface area contributed by atoms with E-state index >= 15 is 0 Å². The van der Waals surface area contributed by atoms with Crippen LogP contribution >= 0.6 is 0 Å². The second-order valence-electron chi connectivity index (χ2n) is 3.65. The van der Waals surface area contributed by atoms with Crippen LogP contribution in [0.25, 0.3) is 0 Å². The van der Waals surface area contributed by atoms with Gasteiger partial charge in [0.05, 0.1) is 0 Å². The van der Waals surface area contributed by atoms with Crippen LogP contribution in [0.5, 0.6) is 0 Å². The third-order valence-electron chi connectivity index (χ3n) is 2.64. The molecule has 0 bridgehead atoms. The van der Waals surface area contributed by atoms with Crippen molar-refractivity contribution in [3.05, 3.63) is 12.7 Å². The molecule has 0 amide bonds. The van der Waals surface area contributed by atoms with E-state index in [-0.39, 0.29) is 0 Å². The maximum Gasteiger partial charge on any atom is -0.0325 e. The van der Waals surface area contributed by atoms with Gasteiger partial charge in [-0.3, -0.25) is 0 Å². The van der Waals surface area contributed by atoms with Gasteiger partial charge in [-0.05, 0) is 31.1 Å². The number of rotatable bonds is 2. The van der Waals surface area contributed by atoms with Crippen molar-refractivity contribution in [3.63, 3.8) is 0 Å². The zero-order valence-corrected chi connectivity index (χ0v) is 6.97. The highest BCUT2D eigenvalue weighted by Crippen LogP contribution is 2.30. The first-order valence-electron chi connectivity index (χ1n) is 4.44. The predicted octanol–water partition coefficient (Wildman–Crippen LogP) is 3.39. The lowest BCUT2D eigenvalue weighted by atomic mass is 9.81. The summed E-state index contributed by atoms with van der Waals surface area (Å²) in [6.07, 6.45) is 9.07. The summed E-state index contributed by atoms with van der Waals surface area (Å²) in [5, 5.41) is 0. The maximum absolute atomic E-state index is 3.77. The Kier molecular flexibility index (Phi) is 2.98. The fourth-order valence-electron chi connectivity index (χ4n) is 1.80. The average molecular weight is 138 g/mol. The second-order valence-corrected chi connectivity index (χ2v) is 3.65. The molecule has 0 N–H and O–H groups in total. The quantitative estimate of drug-likeness (QED) is 0.513. The van der Waals surface area contributed by atoms with Gasteiger partial charge in [0.1, 0.15) is 0 Å². The Morgan fingerprint density at radius 3 is 2.40 bits per heavy atom. The van der Waals surface area contributed by atoms with Crippen LogP contribution < -0.4 is 0 Å². The first-order chi connectivity index (χ1) is 4.83. The average Bonchev–Trinajstić information content (AvgIpc) is 1.95. The highest BCUT2D eigenvalue weighted by Gasteiger charge is 2.16. The van der Waals surface area contributed by atoms with E-state index in [1.807, 2.05) is 0 Å². The third kappa shape index (κ3) is 2.17. The summed E-state index contributed by atoms with van der Waals surface area (Å²) in [6, 6.07) is 0. The summed E-state index contributed by atoms with van der Waals surface area (Å²) in [6.45, 7) is 6.14. The van der Waals surface area contributed by atoms with Gasteiger partial charge in [-0.15, -0.1) is 6.58 Å². The van der Waals surface area contributed by atoms with E-state index in [0.29, 0.717) is 0 Å². The van der Waals surface area contributed by atoms with Gasteiger partial charge in [0.2, 0.25) is 0 Å². The first-order valence-corrected chi connectivity index (χ1v) is 4.44. The molecule has 0 aromatic rings. The molecule has 0 aliphatic heterocycles. The Morgan fingerprint density at radius 1 is 1.30 bits per heavy atom. The fourth-order valence-corrected chi connectivity index (χ4v) is 1.80. The Labute approximate surface area is 64.3 Å². The van der Waals surface area contributed by atoms with Gasteiger partial charge in [-0.1, -0.05) is 25.8 Å². The Hall–Kier alpha value is -0.260. The van der Waals surface area contributed by atoms with E-state index in [0.717, 1.165) is 11.8 Å². The van der Waals surface area contributed by atoms with Crippen LogP contribution in [0.1, 0.15) is 39.0 Å². The fraction of sp³-hybridized carbons (Fsp3) is 0.800. The van der Waals surface area contributed by atoms with Crippen molar-refractivity contribution in [2.24, 2.45) is 11.8 Å². The van der Waals surface area contributed by atoms with Crippen molar-refractivity contribution in [1.82, 2.24) is 0 Å². The van der Waals surface area contributed by atoms with Crippen molar-refractivity contribution in [3.8, 4) is 0 Å². The summed E-state index contributed by atoms with van der Waals surface area (Å²) >= 11 is 0. The molecule has 1 aliphatic rings. The molecule has 1 saturated carbocycles. The number of allylic oxidation sites excluding steroid dienone is 1. The smallest absolute Gasteiger partial charge is 0.0325 e. The van der Waals surface area contributed by atoms with Crippen molar-refractivity contribution in [1.29, 1.82) is 0 Å². The van der Waals surface area contributed by atoms with Gasteiger partial charge in [-0.2, -0.15) is 0 Å². The van der Waals surface area contributed by atoms with Gasteiger partial charge in [0.25, 0.3) is 0 Å².